The number of nitrogens with zero attached hydrogens (tertiary/aromatic N) is 1. The van der Waals surface area contributed by atoms with Crippen LogP contribution in [0, 0.1) is 5.92 Å². The number of alkyl halides is 3. The summed E-state index contributed by atoms with van der Waals surface area (Å²) in [4.78, 5) is 23.0. The number of carbonyl (C=O) groups is 2. The second kappa shape index (κ2) is 6.71. The van der Waals surface area contributed by atoms with Gasteiger partial charge in [-0.25, -0.2) is 0 Å². The molecule has 0 N–H and O–H groups in total. The molecule has 0 aromatic carbocycles. The largest absolute Gasteiger partial charge is 0.337 e. The first-order chi connectivity index (χ1) is 6.93. The highest BCUT2D eigenvalue weighted by atomic mass is 35.5. The van der Waals surface area contributed by atoms with Crippen molar-refractivity contribution in [2.45, 2.75) is 20.3 Å². The molecule has 0 aliphatic carbocycles. The Balaban J connectivity index is 4.33. The minimum atomic E-state index is -3.02. The molecule has 1 unspecified atom stereocenters. The smallest absolute Gasteiger partial charge is 0.315 e. The number of rotatable bonds is 6. The fraction of sp³-hybridized carbons (Fsp3) is 0.778. The molecule has 6 heteroatoms. The fourth-order valence-electron chi connectivity index (χ4n) is 1.08. The monoisotopic (exact) mass is 241 g/mol. The molecule has 88 valence electrons. The Hall–Kier alpha value is -0.710. The molecule has 0 aromatic heterocycles. The van der Waals surface area contributed by atoms with Gasteiger partial charge in [-0.1, -0.05) is 6.92 Å². The molecule has 0 aliphatic heterocycles. The van der Waals surface area contributed by atoms with Crippen molar-refractivity contribution in [1.29, 1.82) is 0 Å². The van der Waals surface area contributed by atoms with Crippen LogP contribution >= 0.6 is 11.6 Å². The van der Waals surface area contributed by atoms with E-state index >= 15 is 0 Å². The van der Waals surface area contributed by atoms with Crippen LogP contribution in [0.25, 0.3) is 0 Å². The second-order valence-corrected chi connectivity index (χ2v) is 3.45. The molecule has 15 heavy (non-hydrogen) atoms. The van der Waals surface area contributed by atoms with Crippen LogP contribution in [0.15, 0.2) is 0 Å². The average molecular weight is 242 g/mol. The number of hydrogen-bond acceptors (Lipinski definition) is 2. The van der Waals surface area contributed by atoms with Gasteiger partial charge in [0.25, 0.3) is 5.91 Å². The highest BCUT2D eigenvalue weighted by molar-refractivity contribution is 6.27. The van der Waals surface area contributed by atoms with E-state index in [2.05, 4.69) is 0 Å². The summed E-state index contributed by atoms with van der Waals surface area (Å²) in [6.07, 6.45) is -3.02. The molecule has 0 spiro atoms. The van der Waals surface area contributed by atoms with Crippen LogP contribution in [0.5, 0.6) is 0 Å². The van der Waals surface area contributed by atoms with Gasteiger partial charge in [-0.2, -0.15) is 8.78 Å². The predicted octanol–water partition coefficient (Wildman–Crippen LogP) is 1.54. The maximum absolute atomic E-state index is 12.1. The summed E-state index contributed by atoms with van der Waals surface area (Å²) in [5, 5.41) is 0. The zero-order chi connectivity index (χ0) is 12.0. The number of hydrogen-bond donors (Lipinski definition) is 0. The summed E-state index contributed by atoms with van der Waals surface area (Å²) >= 11 is 5.31. The predicted molar refractivity (Wildman–Crippen MR) is 53.1 cm³/mol. The molecule has 0 aliphatic rings. The molecule has 0 heterocycles. The lowest BCUT2D eigenvalue weighted by atomic mass is 10.1. The van der Waals surface area contributed by atoms with Crippen molar-refractivity contribution in [2.75, 3.05) is 19.0 Å². The summed E-state index contributed by atoms with van der Waals surface area (Å²) in [6.45, 7) is 3.29. The average Bonchev–Trinajstić information content (AvgIpc) is 2.22. The van der Waals surface area contributed by atoms with E-state index < -0.39 is 18.3 Å². The number of ketones is 1. The van der Waals surface area contributed by atoms with Crippen LogP contribution in [0.4, 0.5) is 8.78 Å². The standard InChI is InChI=1S/C9H14ClF2NO2/c1-3-13(9(15)8(11)12)5-6(2)7(14)4-10/h6,8H,3-5H2,1-2H3. The van der Waals surface area contributed by atoms with Crippen molar-refractivity contribution in [3.8, 4) is 0 Å². The third-order valence-corrected chi connectivity index (χ3v) is 2.32. The van der Waals surface area contributed by atoms with E-state index in [-0.39, 0.29) is 24.8 Å². The molecule has 0 saturated carbocycles. The minimum absolute atomic E-state index is 0.00870. The summed E-state index contributed by atoms with van der Waals surface area (Å²) in [6, 6.07) is 0. The van der Waals surface area contributed by atoms with Crippen molar-refractivity contribution in [3.05, 3.63) is 0 Å². The van der Waals surface area contributed by atoms with E-state index in [0.717, 1.165) is 4.90 Å². The van der Waals surface area contributed by atoms with Gasteiger partial charge in [0.05, 0.1) is 5.88 Å². The Labute approximate surface area is 92.4 Å². The maximum Gasteiger partial charge on any atom is 0.315 e. The van der Waals surface area contributed by atoms with E-state index in [1.807, 2.05) is 0 Å². The first-order valence-electron chi connectivity index (χ1n) is 4.59. The summed E-state index contributed by atoms with van der Waals surface area (Å²) in [5.41, 5.74) is 0. The van der Waals surface area contributed by atoms with Crippen LogP contribution in [0.2, 0.25) is 0 Å². The molecule has 1 amide bonds. The van der Waals surface area contributed by atoms with Crippen molar-refractivity contribution in [3.63, 3.8) is 0 Å². The van der Waals surface area contributed by atoms with Gasteiger partial charge in [0.1, 0.15) is 0 Å². The van der Waals surface area contributed by atoms with Crippen LogP contribution in [0.3, 0.4) is 0 Å². The van der Waals surface area contributed by atoms with Crippen LogP contribution in [-0.4, -0.2) is 42.0 Å². The van der Waals surface area contributed by atoms with Crippen LogP contribution in [0.1, 0.15) is 13.8 Å². The number of amides is 1. The highest BCUT2D eigenvalue weighted by Crippen LogP contribution is 2.07. The van der Waals surface area contributed by atoms with Gasteiger partial charge in [-0.05, 0) is 6.92 Å². The van der Waals surface area contributed by atoms with Gasteiger partial charge in [-0.15, -0.1) is 11.6 Å². The zero-order valence-corrected chi connectivity index (χ0v) is 9.43. The van der Waals surface area contributed by atoms with Gasteiger partial charge in [0.2, 0.25) is 0 Å². The Morgan fingerprint density at radius 1 is 1.40 bits per heavy atom. The quantitative estimate of drug-likeness (QED) is 0.662. The molecule has 0 rings (SSSR count). The molecular weight excluding hydrogens is 228 g/mol. The van der Waals surface area contributed by atoms with Crippen molar-refractivity contribution in [1.82, 2.24) is 4.90 Å². The van der Waals surface area contributed by atoms with E-state index in [1.165, 1.54) is 0 Å². The normalized spacial score (nSPS) is 12.7. The summed E-state index contributed by atoms with van der Waals surface area (Å²) in [7, 11) is 0. The number of halogens is 3. The Morgan fingerprint density at radius 3 is 2.27 bits per heavy atom. The first kappa shape index (κ1) is 14.3. The fourth-order valence-corrected chi connectivity index (χ4v) is 1.34. The van der Waals surface area contributed by atoms with Gasteiger partial charge in [-0.3, -0.25) is 9.59 Å². The first-order valence-corrected chi connectivity index (χ1v) is 5.13. The van der Waals surface area contributed by atoms with Crippen LogP contribution < -0.4 is 0 Å². The van der Waals surface area contributed by atoms with Gasteiger partial charge in [0.15, 0.2) is 5.78 Å². The zero-order valence-electron chi connectivity index (χ0n) is 8.67. The molecular formula is C9H14ClF2NO2. The van der Waals surface area contributed by atoms with Crippen molar-refractivity contribution < 1.29 is 18.4 Å². The van der Waals surface area contributed by atoms with E-state index in [1.54, 1.807) is 13.8 Å². The summed E-state index contributed by atoms with van der Waals surface area (Å²) < 4.78 is 24.2. The number of Topliss-reactive ketones (excluding diaryl/α,β-unsaturated/α-hetero) is 1. The molecule has 0 aromatic rings. The van der Waals surface area contributed by atoms with Crippen LogP contribution in [-0.2, 0) is 9.59 Å². The Bertz CT molecular complexity index is 236. The van der Waals surface area contributed by atoms with Gasteiger partial charge in [0, 0.05) is 19.0 Å². The third-order valence-electron chi connectivity index (χ3n) is 2.06. The van der Waals surface area contributed by atoms with Crippen molar-refractivity contribution in [2.24, 2.45) is 5.92 Å². The topological polar surface area (TPSA) is 37.4 Å². The molecule has 0 saturated heterocycles. The Kier molecular flexibility index (Phi) is 6.40. The lowest BCUT2D eigenvalue weighted by Crippen LogP contribution is -2.40. The lowest BCUT2D eigenvalue weighted by molar-refractivity contribution is -0.143. The van der Waals surface area contributed by atoms with Gasteiger partial charge < -0.3 is 4.90 Å². The van der Waals surface area contributed by atoms with E-state index in [0.29, 0.717) is 0 Å². The molecule has 0 fully saturated rings. The summed E-state index contributed by atoms with van der Waals surface area (Å²) in [5.74, 6) is -2.17. The third kappa shape index (κ3) is 4.55. The molecule has 1 atom stereocenters. The van der Waals surface area contributed by atoms with E-state index in [4.69, 9.17) is 11.6 Å². The SMILES string of the molecule is CCN(CC(C)C(=O)CCl)C(=O)C(F)F. The minimum Gasteiger partial charge on any atom is -0.337 e. The molecule has 0 bridgehead atoms. The molecule has 3 nitrogen and oxygen atoms in total. The lowest BCUT2D eigenvalue weighted by Gasteiger charge is -2.23. The maximum atomic E-state index is 12.1. The number of carbonyl (C=O) groups excluding carboxylic acids is 2. The Morgan fingerprint density at radius 2 is 1.93 bits per heavy atom. The highest BCUT2D eigenvalue weighted by Gasteiger charge is 2.25. The molecule has 0 radical (unpaired) electrons. The van der Waals surface area contributed by atoms with E-state index in [9.17, 15) is 18.4 Å². The van der Waals surface area contributed by atoms with Gasteiger partial charge >= 0.3 is 6.43 Å². The van der Waals surface area contributed by atoms with Crippen molar-refractivity contribution >= 4 is 23.3 Å². The second-order valence-electron chi connectivity index (χ2n) is 3.18.